The van der Waals surface area contributed by atoms with Crippen molar-refractivity contribution in [3.63, 3.8) is 0 Å². The number of hydrogen-bond acceptors (Lipinski definition) is 3. The monoisotopic (exact) mass is 354 g/mol. The van der Waals surface area contributed by atoms with Crippen molar-refractivity contribution >= 4 is 38.8 Å². The normalized spacial score (nSPS) is 11.1. The fourth-order valence-electron chi connectivity index (χ4n) is 2.08. The highest BCUT2D eigenvalue weighted by molar-refractivity contribution is 9.10. The second kappa shape index (κ2) is 6.12. The van der Waals surface area contributed by atoms with E-state index in [4.69, 9.17) is 4.42 Å². The van der Waals surface area contributed by atoms with Gasteiger partial charge >= 0.3 is 0 Å². The minimum atomic E-state index is -0.167. The first-order chi connectivity index (χ1) is 10.6. The van der Waals surface area contributed by atoms with Gasteiger partial charge in [-0.05, 0) is 48.6 Å². The van der Waals surface area contributed by atoms with Crippen molar-refractivity contribution in [3.8, 4) is 0 Å². The van der Waals surface area contributed by atoms with Gasteiger partial charge in [0, 0.05) is 10.0 Å². The highest BCUT2D eigenvalue weighted by atomic mass is 79.9. The highest BCUT2D eigenvalue weighted by Gasteiger charge is 2.05. The van der Waals surface area contributed by atoms with Crippen molar-refractivity contribution in [2.45, 2.75) is 0 Å². The van der Waals surface area contributed by atoms with Crippen molar-refractivity contribution in [2.75, 3.05) is 0 Å². The number of carbonyl (C=O) groups is 1. The zero-order chi connectivity index (χ0) is 15.5. The van der Waals surface area contributed by atoms with Crippen LogP contribution >= 0.6 is 15.9 Å². The zero-order valence-electron chi connectivity index (χ0n) is 11.5. The Kier molecular flexibility index (Phi) is 4.02. The molecule has 22 heavy (non-hydrogen) atoms. The molecule has 0 N–H and O–H groups in total. The second-order valence-electron chi connectivity index (χ2n) is 4.72. The number of benzene rings is 2. The Morgan fingerprint density at radius 3 is 2.55 bits per heavy atom. The van der Waals surface area contributed by atoms with Gasteiger partial charge in [-0.2, -0.15) is 0 Å². The predicted molar refractivity (Wildman–Crippen MR) is 90.0 cm³/mol. The van der Waals surface area contributed by atoms with Gasteiger partial charge in [-0.1, -0.05) is 28.1 Å². The summed E-state index contributed by atoms with van der Waals surface area (Å²) in [6.45, 7) is 0. The summed E-state index contributed by atoms with van der Waals surface area (Å²) in [5.41, 5.74) is 1.29. The molecule has 0 aliphatic heterocycles. The lowest BCUT2D eigenvalue weighted by molar-refractivity contribution is 0.104. The van der Waals surface area contributed by atoms with Gasteiger partial charge < -0.3 is 4.42 Å². The minimum Gasteiger partial charge on any atom is -0.463 e. The molecule has 2 aromatic carbocycles. The number of allylic oxidation sites excluding steroid dienone is 1. The summed E-state index contributed by atoms with van der Waals surface area (Å²) in [4.78, 5) is 24.4. The van der Waals surface area contributed by atoms with Crippen molar-refractivity contribution in [2.24, 2.45) is 0 Å². The van der Waals surface area contributed by atoms with Gasteiger partial charge in [0.1, 0.15) is 11.8 Å². The van der Waals surface area contributed by atoms with Crippen molar-refractivity contribution in [1.29, 1.82) is 0 Å². The first-order valence-corrected chi connectivity index (χ1v) is 7.43. The minimum absolute atomic E-state index is 0.151. The summed E-state index contributed by atoms with van der Waals surface area (Å²) >= 11 is 3.32. The predicted octanol–water partition coefficient (Wildman–Crippen LogP) is 4.45. The molecular formula is C18H11BrO3. The van der Waals surface area contributed by atoms with E-state index < -0.39 is 0 Å². The van der Waals surface area contributed by atoms with E-state index in [1.165, 1.54) is 18.4 Å². The van der Waals surface area contributed by atoms with E-state index >= 15 is 0 Å². The van der Waals surface area contributed by atoms with Gasteiger partial charge in [0.25, 0.3) is 0 Å². The molecule has 108 valence electrons. The van der Waals surface area contributed by atoms with Gasteiger partial charge in [0.2, 0.25) is 0 Å². The van der Waals surface area contributed by atoms with E-state index in [-0.39, 0.29) is 11.2 Å². The van der Waals surface area contributed by atoms with Crippen LogP contribution in [0, 0.1) is 0 Å². The largest absolute Gasteiger partial charge is 0.463 e. The topological polar surface area (TPSA) is 47.3 Å². The molecule has 3 nitrogen and oxygen atoms in total. The summed E-state index contributed by atoms with van der Waals surface area (Å²) < 4.78 is 6.31. The van der Waals surface area contributed by atoms with Crippen LogP contribution in [0.3, 0.4) is 0 Å². The summed E-state index contributed by atoms with van der Waals surface area (Å²) in [6, 6.07) is 14.1. The van der Waals surface area contributed by atoms with Crippen LogP contribution in [0.2, 0.25) is 0 Å². The lowest BCUT2D eigenvalue weighted by atomic mass is 10.1. The molecule has 0 aliphatic carbocycles. The first-order valence-electron chi connectivity index (χ1n) is 6.64. The molecular weight excluding hydrogens is 344 g/mol. The Morgan fingerprint density at radius 1 is 1.05 bits per heavy atom. The smallest absolute Gasteiger partial charge is 0.199 e. The fourth-order valence-corrected chi connectivity index (χ4v) is 2.35. The molecule has 1 aromatic heterocycles. The third-order valence-corrected chi connectivity index (χ3v) is 3.78. The standard InChI is InChI=1S/C18H11BrO3/c19-14-8-5-12(6-9-14)16(20)10-7-13-11-22-17-4-2-1-3-15(17)18(13)21/h1-11H/b10-7+. The number of ketones is 1. The quantitative estimate of drug-likeness (QED) is 0.515. The van der Waals surface area contributed by atoms with E-state index in [2.05, 4.69) is 15.9 Å². The molecule has 4 heteroatoms. The molecule has 0 atom stereocenters. The van der Waals surface area contributed by atoms with Gasteiger partial charge in [-0.25, -0.2) is 0 Å². The Balaban J connectivity index is 1.92. The summed E-state index contributed by atoms with van der Waals surface area (Å²) in [6.07, 6.45) is 4.24. The van der Waals surface area contributed by atoms with E-state index in [0.717, 1.165) is 4.47 Å². The second-order valence-corrected chi connectivity index (χ2v) is 5.64. The molecule has 0 bridgehead atoms. The molecule has 0 radical (unpaired) electrons. The molecule has 0 saturated heterocycles. The molecule has 0 aliphatic rings. The van der Waals surface area contributed by atoms with Crippen LogP contribution in [0.1, 0.15) is 15.9 Å². The third kappa shape index (κ3) is 2.92. The lowest BCUT2D eigenvalue weighted by Gasteiger charge is -1.98. The van der Waals surface area contributed by atoms with Crippen molar-refractivity contribution in [1.82, 2.24) is 0 Å². The van der Waals surface area contributed by atoms with Crippen LogP contribution in [0.25, 0.3) is 17.0 Å². The van der Waals surface area contributed by atoms with E-state index in [1.54, 1.807) is 48.5 Å². The van der Waals surface area contributed by atoms with Crippen molar-refractivity contribution in [3.05, 3.63) is 86.7 Å². The highest BCUT2D eigenvalue weighted by Crippen LogP contribution is 2.13. The van der Waals surface area contributed by atoms with Crippen LogP contribution in [-0.4, -0.2) is 5.78 Å². The van der Waals surface area contributed by atoms with Gasteiger partial charge in [-0.3, -0.25) is 9.59 Å². The number of fused-ring (bicyclic) bond motifs is 1. The average molecular weight is 355 g/mol. The maximum Gasteiger partial charge on any atom is 0.199 e. The van der Waals surface area contributed by atoms with Gasteiger partial charge in [-0.15, -0.1) is 0 Å². The van der Waals surface area contributed by atoms with Crippen LogP contribution < -0.4 is 5.43 Å². The molecule has 0 saturated carbocycles. The van der Waals surface area contributed by atoms with Crippen LogP contribution in [0.15, 0.2) is 74.6 Å². The number of hydrogen-bond donors (Lipinski definition) is 0. The lowest BCUT2D eigenvalue weighted by Crippen LogP contribution is -2.05. The van der Waals surface area contributed by atoms with E-state index in [1.807, 2.05) is 0 Å². The third-order valence-electron chi connectivity index (χ3n) is 3.25. The first kappa shape index (κ1) is 14.5. The Morgan fingerprint density at radius 2 is 1.77 bits per heavy atom. The molecule has 0 amide bonds. The number of para-hydroxylation sites is 1. The average Bonchev–Trinajstić information content (AvgIpc) is 2.55. The maximum atomic E-state index is 12.3. The van der Waals surface area contributed by atoms with Crippen LogP contribution in [0.4, 0.5) is 0 Å². The maximum absolute atomic E-state index is 12.3. The van der Waals surface area contributed by atoms with Gasteiger partial charge in [0.05, 0.1) is 10.9 Å². The van der Waals surface area contributed by atoms with Crippen LogP contribution in [0.5, 0.6) is 0 Å². The Labute approximate surface area is 135 Å². The molecule has 0 fully saturated rings. The number of carbonyl (C=O) groups excluding carboxylic acids is 1. The number of rotatable bonds is 3. The summed E-state index contributed by atoms with van der Waals surface area (Å²) in [5, 5.41) is 0.501. The molecule has 0 spiro atoms. The Bertz CT molecular complexity index is 921. The van der Waals surface area contributed by atoms with Gasteiger partial charge in [0.15, 0.2) is 11.2 Å². The molecule has 3 rings (SSSR count). The van der Waals surface area contributed by atoms with Crippen LogP contribution in [-0.2, 0) is 0 Å². The zero-order valence-corrected chi connectivity index (χ0v) is 13.0. The molecule has 3 aromatic rings. The molecule has 0 unspecified atom stereocenters. The summed E-state index contributed by atoms with van der Waals surface area (Å²) in [7, 11) is 0. The van der Waals surface area contributed by atoms with E-state index in [0.29, 0.717) is 22.1 Å². The SMILES string of the molecule is O=C(/C=C/c1coc2ccccc2c1=O)c1ccc(Br)cc1. The van der Waals surface area contributed by atoms with E-state index in [9.17, 15) is 9.59 Å². The number of halogens is 1. The van der Waals surface area contributed by atoms with Crippen molar-refractivity contribution < 1.29 is 9.21 Å². The fraction of sp³-hybridized carbons (Fsp3) is 0. The Hall–Kier alpha value is -2.46. The summed E-state index contributed by atoms with van der Waals surface area (Å²) in [5.74, 6) is -0.167. The molecule has 1 heterocycles.